The van der Waals surface area contributed by atoms with Crippen molar-refractivity contribution in [2.75, 3.05) is 73.4 Å². The molecule has 0 radical (unpaired) electrons. The SMILES string of the molecule is COc1cc(C(=O)NC2CC3(CCN(CCC4CCN(c5ccc(C6CCC(=O)NC6=O)cc5F)CC4)CC3)C2)ccc1Nc1ncc2c(n1)N(C1CCCC1)CC(F)(F)C(=O)N2C. The molecular formula is C47H58F3N9O5. The Morgan fingerprint density at radius 1 is 0.953 bits per heavy atom. The van der Waals surface area contributed by atoms with Gasteiger partial charge in [0.25, 0.3) is 11.8 Å². The predicted octanol–water partition coefficient (Wildman–Crippen LogP) is 6.53. The highest BCUT2D eigenvalue weighted by molar-refractivity contribution is 6.02. The molecule has 4 aliphatic heterocycles. The molecular weight excluding hydrogens is 828 g/mol. The standard InChI is InChI=1S/C47H58F3N9O5/c1-56-38-27-51-45(55-41(38)59(33-5-3-4-6-33)28-47(49,50)44(56)63)53-36-10-7-31(24-39(36)64-2)42(61)52-32-25-46(26-32)16-21-57(22-17-46)18-13-29-14-19-58(20-15-29)37-11-8-30(23-35(37)48)34-9-12-40(60)54-43(34)62/h7-8,10-11,23-24,27,29,32-34H,3-6,9,12-22,25-26,28H2,1-2H3,(H,52,61)(H,51,53,55)(H,54,60,62). The molecule has 3 N–H and O–H groups in total. The van der Waals surface area contributed by atoms with E-state index < -0.39 is 24.3 Å². The maximum Gasteiger partial charge on any atom is 0.342 e. The second-order valence-corrected chi connectivity index (χ2v) is 18.9. The van der Waals surface area contributed by atoms with Gasteiger partial charge in [-0.05, 0) is 131 Å². The van der Waals surface area contributed by atoms with Gasteiger partial charge in [-0.3, -0.25) is 24.5 Å². The number of nitrogens with one attached hydrogen (secondary N) is 3. The van der Waals surface area contributed by atoms with Gasteiger partial charge >= 0.3 is 5.92 Å². The first-order chi connectivity index (χ1) is 30.8. The third-order valence-electron chi connectivity index (χ3n) is 14.9. The molecule has 1 spiro atoms. The molecule has 6 aliphatic rings. The first kappa shape index (κ1) is 43.8. The number of halogens is 3. The number of carbonyl (C=O) groups is 4. The van der Waals surface area contributed by atoms with Crippen molar-refractivity contribution in [2.45, 2.75) is 107 Å². The minimum Gasteiger partial charge on any atom is -0.495 e. The minimum atomic E-state index is -3.57. The van der Waals surface area contributed by atoms with Crippen molar-refractivity contribution in [2.24, 2.45) is 11.3 Å². The Morgan fingerprint density at radius 2 is 1.70 bits per heavy atom. The summed E-state index contributed by atoms with van der Waals surface area (Å²) in [5, 5.41) is 8.72. The Balaban J connectivity index is 0.723. The van der Waals surface area contributed by atoms with Crippen molar-refractivity contribution in [3.63, 3.8) is 0 Å². The summed E-state index contributed by atoms with van der Waals surface area (Å²) < 4.78 is 51.0. The molecule has 5 fully saturated rings. The number of amides is 4. The molecule has 3 aromatic rings. The number of rotatable bonds is 11. The molecule has 342 valence electrons. The second kappa shape index (κ2) is 17.8. The lowest BCUT2D eigenvalue weighted by molar-refractivity contribution is -0.140. The minimum absolute atomic E-state index is 0.0969. The predicted molar refractivity (Wildman–Crippen MR) is 236 cm³/mol. The van der Waals surface area contributed by atoms with Crippen molar-refractivity contribution >= 4 is 52.5 Å². The molecule has 2 aromatic carbocycles. The summed E-state index contributed by atoms with van der Waals surface area (Å²) in [6.07, 6.45) is 12.6. The van der Waals surface area contributed by atoms with Crippen LogP contribution in [0.3, 0.4) is 0 Å². The van der Waals surface area contributed by atoms with Gasteiger partial charge in [-0.25, -0.2) is 9.37 Å². The van der Waals surface area contributed by atoms with Crippen LogP contribution in [0.1, 0.15) is 105 Å². The van der Waals surface area contributed by atoms with Crippen LogP contribution in [0.15, 0.2) is 42.6 Å². The summed E-state index contributed by atoms with van der Waals surface area (Å²) in [6.45, 7) is 3.99. The van der Waals surface area contributed by atoms with Gasteiger partial charge in [0.1, 0.15) is 17.3 Å². The van der Waals surface area contributed by atoms with Crippen LogP contribution < -0.4 is 35.4 Å². The van der Waals surface area contributed by atoms with Gasteiger partial charge in [-0.15, -0.1) is 0 Å². The number of alkyl halides is 2. The number of piperidine rings is 3. The quantitative estimate of drug-likeness (QED) is 0.180. The molecule has 2 aliphatic carbocycles. The number of ether oxygens (including phenoxy) is 1. The average Bonchev–Trinajstić information content (AvgIpc) is 3.80. The Kier molecular flexibility index (Phi) is 12.2. The lowest BCUT2D eigenvalue weighted by Gasteiger charge is -2.52. The van der Waals surface area contributed by atoms with Crippen LogP contribution in [-0.2, 0) is 14.4 Å². The molecule has 1 atom stereocenters. The molecule has 0 bridgehead atoms. The van der Waals surface area contributed by atoms with Gasteiger partial charge < -0.3 is 35.0 Å². The monoisotopic (exact) mass is 885 g/mol. The summed E-state index contributed by atoms with van der Waals surface area (Å²) in [6, 6.07) is 10.1. The maximum atomic E-state index is 15.3. The zero-order valence-electron chi connectivity index (χ0n) is 36.6. The van der Waals surface area contributed by atoms with Crippen molar-refractivity contribution in [1.29, 1.82) is 0 Å². The number of hydrogen-bond donors (Lipinski definition) is 3. The molecule has 4 amide bonds. The summed E-state index contributed by atoms with van der Waals surface area (Å²) in [5.41, 5.74) is 2.62. The van der Waals surface area contributed by atoms with Crippen molar-refractivity contribution in [3.8, 4) is 5.75 Å². The molecule has 1 aromatic heterocycles. The van der Waals surface area contributed by atoms with E-state index in [-0.39, 0.29) is 64.9 Å². The molecule has 64 heavy (non-hydrogen) atoms. The highest BCUT2D eigenvalue weighted by atomic mass is 19.3. The number of imide groups is 1. The maximum absolute atomic E-state index is 15.3. The number of nitrogens with zero attached hydrogens (tertiary/aromatic N) is 6. The van der Waals surface area contributed by atoms with Crippen molar-refractivity contribution in [3.05, 3.63) is 59.5 Å². The number of hydrogen-bond acceptors (Lipinski definition) is 11. The Morgan fingerprint density at radius 3 is 2.41 bits per heavy atom. The Labute approximate surface area is 371 Å². The zero-order chi connectivity index (χ0) is 44.8. The molecule has 14 nitrogen and oxygen atoms in total. The van der Waals surface area contributed by atoms with Crippen molar-refractivity contribution in [1.82, 2.24) is 25.5 Å². The summed E-state index contributed by atoms with van der Waals surface area (Å²) in [7, 11) is 2.83. The number of aromatic nitrogens is 2. The van der Waals surface area contributed by atoms with E-state index in [0.717, 1.165) is 108 Å². The number of methoxy groups -OCH3 is 1. The third kappa shape index (κ3) is 8.96. The van der Waals surface area contributed by atoms with Gasteiger partial charge in [0.05, 0.1) is 37.1 Å². The number of carbonyl (C=O) groups excluding carboxylic acids is 4. The van der Waals surface area contributed by atoms with E-state index in [0.29, 0.717) is 40.6 Å². The topological polar surface area (TPSA) is 152 Å². The first-order valence-electron chi connectivity index (χ1n) is 22.9. The van der Waals surface area contributed by atoms with Crippen LogP contribution in [0.5, 0.6) is 5.75 Å². The van der Waals surface area contributed by atoms with E-state index in [9.17, 15) is 19.2 Å². The van der Waals surface area contributed by atoms with Crippen LogP contribution in [0.2, 0.25) is 0 Å². The van der Waals surface area contributed by atoms with Crippen LogP contribution >= 0.6 is 0 Å². The van der Waals surface area contributed by atoms with Crippen molar-refractivity contribution < 1.29 is 37.1 Å². The largest absolute Gasteiger partial charge is 0.495 e. The molecule has 17 heteroatoms. The summed E-state index contributed by atoms with van der Waals surface area (Å²) in [4.78, 5) is 66.2. The van der Waals surface area contributed by atoms with E-state index in [2.05, 4.69) is 35.7 Å². The fraction of sp³-hybridized carbons (Fsp3) is 0.574. The van der Waals surface area contributed by atoms with E-state index in [1.54, 1.807) is 29.2 Å². The number of benzene rings is 2. The van der Waals surface area contributed by atoms with E-state index in [1.165, 1.54) is 26.4 Å². The lowest BCUT2D eigenvalue weighted by Crippen LogP contribution is -2.55. The molecule has 5 heterocycles. The second-order valence-electron chi connectivity index (χ2n) is 18.9. The molecule has 3 saturated heterocycles. The number of fused-ring (bicyclic) bond motifs is 1. The van der Waals surface area contributed by atoms with E-state index >= 15 is 13.2 Å². The lowest BCUT2D eigenvalue weighted by atomic mass is 9.60. The van der Waals surface area contributed by atoms with Crippen LogP contribution in [0.4, 0.5) is 42.0 Å². The Hall–Kier alpha value is -5.45. The smallest absolute Gasteiger partial charge is 0.342 e. The van der Waals surface area contributed by atoms with Crippen LogP contribution in [-0.4, -0.2) is 110 Å². The van der Waals surface area contributed by atoms with E-state index in [4.69, 9.17) is 4.74 Å². The fourth-order valence-corrected chi connectivity index (χ4v) is 11.0. The third-order valence-corrected chi connectivity index (χ3v) is 14.9. The number of likely N-dealkylation sites (tertiary alicyclic amines) is 1. The molecule has 1 unspecified atom stereocenters. The van der Waals surface area contributed by atoms with Crippen LogP contribution in [0.25, 0.3) is 0 Å². The van der Waals surface area contributed by atoms with Gasteiger partial charge in [0.15, 0.2) is 5.82 Å². The van der Waals surface area contributed by atoms with Gasteiger partial charge in [-0.2, -0.15) is 13.8 Å². The molecule has 2 saturated carbocycles. The molecule has 9 rings (SSSR count). The average molecular weight is 886 g/mol. The highest BCUT2D eigenvalue weighted by Crippen LogP contribution is 2.49. The highest BCUT2D eigenvalue weighted by Gasteiger charge is 2.49. The fourth-order valence-electron chi connectivity index (χ4n) is 11.0. The normalized spacial score (nSPS) is 23.1. The Bertz CT molecular complexity index is 2270. The zero-order valence-corrected chi connectivity index (χ0v) is 36.6. The summed E-state index contributed by atoms with van der Waals surface area (Å²) >= 11 is 0. The van der Waals surface area contributed by atoms with Gasteiger partial charge in [0.2, 0.25) is 17.8 Å². The van der Waals surface area contributed by atoms with Gasteiger partial charge in [-0.1, -0.05) is 18.9 Å². The van der Waals surface area contributed by atoms with Gasteiger partial charge in [0, 0.05) is 44.2 Å². The summed E-state index contributed by atoms with van der Waals surface area (Å²) in [5.74, 6) is -5.07. The van der Waals surface area contributed by atoms with Crippen LogP contribution in [0, 0.1) is 17.2 Å². The number of anilines is 5. The van der Waals surface area contributed by atoms with E-state index in [1.807, 2.05) is 6.07 Å². The first-order valence-corrected chi connectivity index (χ1v) is 22.9.